The van der Waals surface area contributed by atoms with Crippen LogP contribution in [0.4, 0.5) is 5.69 Å². The maximum absolute atomic E-state index is 13.0. The third-order valence-electron chi connectivity index (χ3n) is 4.41. The van der Waals surface area contributed by atoms with Gasteiger partial charge in [0.1, 0.15) is 6.04 Å². The van der Waals surface area contributed by atoms with Crippen molar-refractivity contribution in [2.24, 2.45) is 0 Å². The Kier molecular flexibility index (Phi) is 6.69. The smallest absolute Gasteiger partial charge is 0.242 e. The van der Waals surface area contributed by atoms with E-state index in [4.69, 9.17) is 11.6 Å². The predicted octanol–water partition coefficient (Wildman–Crippen LogP) is 4.18. The number of sulfonamides is 1. The molecule has 0 aliphatic heterocycles. The summed E-state index contributed by atoms with van der Waals surface area (Å²) in [6.45, 7) is 1.84. The van der Waals surface area contributed by atoms with Crippen LogP contribution in [0.15, 0.2) is 83.8 Å². The second-order valence-electron chi connectivity index (χ2n) is 6.63. The molecule has 0 radical (unpaired) electrons. The summed E-state index contributed by atoms with van der Waals surface area (Å²) in [6, 6.07) is 21.4. The van der Waals surface area contributed by atoms with E-state index >= 15 is 0 Å². The molecular weight excluding hydrogens is 408 g/mol. The maximum atomic E-state index is 13.0. The Labute approximate surface area is 175 Å². The molecular formula is C22H21ClN2O3S. The summed E-state index contributed by atoms with van der Waals surface area (Å²) in [7, 11) is -3.87. The molecule has 1 atom stereocenters. The van der Waals surface area contributed by atoms with Crippen molar-refractivity contribution < 1.29 is 13.2 Å². The highest BCUT2D eigenvalue weighted by atomic mass is 35.5. The van der Waals surface area contributed by atoms with Gasteiger partial charge in [-0.05, 0) is 48.7 Å². The molecule has 3 rings (SSSR count). The number of benzene rings is 3. The Morgan fingerprint density at radius 1 is 0.966 bits per heavy atom. The van der Waals surface area contributed by atoms with Gasteiger partial charge in [0.25, 0.3) is 0 Å². The molecule has 0 spiro atoms. The SMILES string of the molecule is Cc1ccc(Cl)cc1NC(=O)[C@@H](Cc1ccccc1)NS(=O)(=O)c1ccccc1. The largest absolute Gasteiger partial charge is 0.324 e. The van der Waals surface area contributed by atoms with Crippen molar-refractivity contribution in [3.63, 3.8) is 0 Å². The molecule has 0 saturated carbocycles. The van der Waals surface area contributed by atoms with E-state index < -0.39 is 22.0 Å². The van der Waals surface area contributed by atoms with Crippen LogP contribution in [0.3, 0.4) is 0 Å². The highest BCUT2D eigenvalue weighted by Gasteiger charge is 2.26. The van der Waals surface area contributed by atoms with E-state index in [1.807, 2.05) is 37.3 Å². The van der Waals surface area contributed by atoms with Crippen LogP contribution in [0.5, 0.6) is 0 Å². The molecule has 3 aromatic carbocycles. The zero-order valence-corrected chi connectivity index (χ0v) is 17.4. The van der Waals surface area contributed by atoms with Crippen LogP contribution in [-0.4, -0.2) is 20.4 Å². The molecule has 0 aliphatic rings. The lowest BCUT2D eigenvalue weighted by Gasteiger charge is -2.19. The number of aryl methyl sites for hydroxylation is 1. The van der Waals surface area contributed by atoms with Gasteiger partial charge in [0, 0.05) is 10.7 Å². The highest BCUT2D eigenvalue weighted by Crippen LogP contribution is 2.21. The van der Waals surface area contributed by atoms with Crippen LogP contribution < -0.4 is 10.0 Å². The van der Waals surface area contributed by atoms with Gasteiger partial charge in [0.05, 0.1) is 4.90 Å². The second kappa shape index (κ2) is 9.22. The average molecular weight is 429 g/mol. The Hall–Kier alpha value is -2.67. The molecule has 150 valence electrons. The lowest BCUT2D eigenvalue weighted by Crippen LogP contribution is -2.45. The van der Waals surface area contributed by atoms with Gasteiger partial charge in [-0.1, -0.05) is 66.2 Å². The molecule has 0 heterocycles. The fraction of sp³-hybridized carbons (Fsp3) is 0.136. The van der Waals surface area contributed by atoms with Crippen molar-refractivity contribution >= 4 is 33.2 Å². The summed E-state index contributed by atoms with van der Waals surface area (Å²) >= 11 is 6.03. The maximum Gasteiger partial charge on any atom is 0.242 e. The normalized spacial score (nSPS) is 12.3. The molecule has 0 aliphatic carbocycles. The standard InChI is InChI=1S/C22H21ClN2O3S/c1-16-12-13-18(23)15-20(16)24-22(26)21(14-17-8-4-2-5-9-17)25-29(27,28)19-10-6-3-7-11-19/h2-13,15,21,25H,14H2,1H3,(H,24,26)/t21-/m1/s1. The highest BCUT2D eigenvalue weighted by molar-refractivity contribution is 7.89. The van der Waals surface area contributed by atoms with Crippen LogP contribution in [0.25, 0.3) is 0 Å². The fourth-order valence-corrected chi connectivity index (χ4v) is 4.23. The number of rotatable bonds is 7. The number of hydrogen-bond acceptors (Lipinski definition) is 3. The Bertz CT molecular complexity index is 1090. The molecule has 29 heavy (non-hydrogen) atoms. The van der Waals surface area contributed by atoms with Crippen molar-refractivity contribution in [1.82, 2.24) is 4.72 Å². The van der Waals surface area contributed by atoms with Crippen LogP contribution in [-0.2, 0) is 21.2 Å². The molecule has 1 amide bonds. The van der Waals surface area contributed by atoms with E-state index in [0.29, 0.717) is 10.7 Å². The van der Waals surface area contributed by atoms with Crippen molar-refractivity contribution in [2.45, 2.75) is 24.3 Å². The number of amides is 1. The Morgan fingerprint density at radius 2 is 1.59 bits per heavy atom. The van der Waals surface area contributed by atoms with Crippen molar-refractivity contribution in [2.75, 3.05) is 5.32 Å². The average Bonchev–Trinajstić information content (AvgIpc) is 2.71. The fourth-order valence-electron chi connectivity index (χ4n) is 2.84. The zero-order valence-electron chi connectivity index (χ0n) is 15.8. The van der Waals surface area contributed by atoms with Gasteiger partial charge in [-0.25, -0.2) is 8.42 Å². The topological polar surface area (TPSA) is 75.3 Å². The summed E-state index contributed by atoms with van der Waals surface area (Å²) in [6.07, 6.45) is 0.207. The van der Waals surface area contributed by atoms with E-state index in [-0.39, 0.29) is 11.3 Å². The zero-order chi connectivity index (χ0) is 20.9. The van der Waals surface area contributed by atoms with Crippen molar-refractivity contribution in [3.05, 3.63) is 95.0 Å². The lowest BCUT2D eigenvalue weighted by atomic mass is 10.1. The number of nitrogens with one attached hydrogen (secondary N) is 2. The molecule has 5 nitrogen and oxygen atoms in total. The summed E-state index contributed by atoms with van der Waals surface area (Å²) < 4.78 is 28.1. The van der Waals surface area contributed by atoms with Crippen LogP contribution in [0.1, 0.15) is 11.1 Å². The van der Waals surface area contributed by atoms with Gasteiger partial charge < -0.3 is 5.32 Å². The van der Waals surface area contributed by atoms with Gasteiger partial charge in [0.15, 0.2) is 0 Å². The molecule has 0 fully saturated rings. The molecule has 0 unspecified atom stereocenters. The Morgan fingerprint density at radius 3 is 2.24 bits per heavy atom. The van der Waals surface area contributed by atoms with Crippen LogP contribution in [0.2, 0.25) is 5.02 Å². The monoisotopic (exact) mass is 428 g/mol. The second-order valence-corrected chi connectivity index (χ2v) is 8.78. The Balaban J connectivity index is 1.88. The summed E-state index contributed by atoms with van der Waals surface area (Å²) in [5.41, 5.74) is 2.21. The number of hydrogen-bond donors (Lipinski definition) is 2. The minimum Gasteiger partial charge on any atom is -0.324 e. The quantitative estimate of drug-likeness (QED) is 0.592. The first-order chi connectivity index (χ1) is 13.8. The van der Waals surface area contributed by atoms with E-state index in [1.54, 1.807) is 36.4 Å². The van der Waals surface area contributed by atoms with E-state index in [9.17, 15) is 13.2 Å². The third kappa shape index (κ3) is 5.67. The van der Waals surface area contributed by atoms with Crippen LogP contribution >= 0.6 is 11.6 Å². The number of carbonyl (C=O) groups is 1. The van der Waals surface area contributed by atoms with Crippen molar-refractivity contribution in [1.29, 1.82) is 0 Å². The first-order valence-corrected chi connectivity index (χ1v) is 10.9. The van der Waals surface area contributed by atoms with Crippen LogP contribution in [0, 0.1) is 6.92 Å². The third-order valence-corrected chi connectivity index (χ3v) is 6.13. The molecule has 0 saturated heterocycles. The first-order valence-electron chi connectivity index (χ1n) is 9.03. The lowest BCUT2D eigenvalue weighted by molar-refractivity contribution is -0.117. The molecule has 3 aromatic rings. The van der Waals surface area contributed by atoms with E-state index in [2.05, 4.69) is 10.0 Å². The van der Waals surface area contributed by atoms with Gasteiger partial charge in [-0.15, -0.1) is 0 Å². The van der Waals surface area contributed by atoms with Gasteiger partial charge >= 0.3 is 0 Å². The predicted molar refractivity (Wildman–Crippen MR) is 116 cm³/mol. The van der Waals surface area contributed by atoms with Gasteiger partial charge in [-0.3, -0.25) is 4.79 Å². The summed E-state index contributed by atoms with van der Waals surface area (Å²) in [5, 5.41) is 3.28. The van der Waals surface area contributed by atoms with E-state index in [0.717, 1.165) is 11.1 Å². The molecule has 0 bridgehead atoms. The van der Waals surface area contributed by atoms with E-state index in [1.165, 1.54) is 12.1 Å². The molecule has 0 aromatic heterocycles. The van der Waals surface area contributed by atoms with Crippen molar-refractivity contribution in [3.8, 4) is 0 Å². The van der Waals surface area contributed by atoms with Gasteiger partial charge in [-0.2, -0.15) is 4.72 Å². The molecule has 2 N–H and O–H groups in total. The number of halogens is 1. The number of anilines is 1. The first kappa shape index (κ1) is 21.0. The minimum absolute atomic E-state index is 0.102. The summed E-state index contributed by atoms with van der Waals surface area (Å²) in [4.78, 5) is 13.1. The minimum atomic E-state index is -3.87. The molecule has 7 heteroatoms. The number of carbonyl (C=O) groups excluding carboxylic acids is 1. The summed E-state index contributed by atoms with van der Waals surface area (Å²) in [5.74, 6) is -0.460. The van der Waals surface area contributed by atoms with Gasteiger partial charge in [0.2, 0.25) is 15.9 Å².